The van der Waals surface area contributed by atoms with Gasteiger partial charge in [-0.1, -0.05) is 18.6 Å². The van der Waals surface area contributed by atoms with Crippen LogP contribution in [-0.4, -0.2) is 18.8 Å². The van der Waals surface area contributed by atoms with Crippen LogP contribution in [0.15, 0.2) is 11.6 Å². The summed E-state index contributed by atoms with van der Waals surface area (Å²) >= 11 is 0. The molecule has 1 saturated heterocycles. The minimum atomic E-state index is -0.910. The topological polar surface area (TPSA) is 12.0 Å². The quantitative estimate of drug-likeness (QED) is 0.648. The van der Waals surface area contributed by atoms with E-state index >= 15 is 0 Å². The van der Waals surface area contributed by atoms with Gasteiger partial charge in [-0.15, -0.1) is 0 Å². The molecule has 0 aromatic heterocycles. The summed E-state index contributed by atoms with van der Waals surface area (Å²) < 4.78 is 13.7. The van der Waals surface area contributed by atoms with Gasteiger partial charge in [0.2, 0.25) is 0 Å². The average Bonchev–Trinajstić information content (AvgIpc) is 2.06. The molecule has 1 fully saturated rings. The van der Waals surface area contributed by atoms with E-state index in [0.29, 0.717) is 19.5 Å². The molecule has 0 aromatic carbocycles. The van der Waals surface area contributed by atoms with Gasteiger partial charge in [-0.2, -0.15) is 0 Å². The fraction of sp³-hybridized carbons (Fsp3) is 0.818. The predicted molar refractivity (Wildman–Crippen MR) is 52.4 cm³/mol. The molecule has 1 aliphatic heterocycles. The molecule has 0 aromatic rings. The highest BCUT2D eigenvalue weighted by Gasteiger charge is 2.37. The molecule has 1 aliphatic carbocycles. The van der Waals surface area contributed by atoms with E-state index in [1.807, 2.05) is 0 Å². The molecule has 0 spiro atoms. The molecule has 1 nitrogen and oxygen atoms in total. The summed E-state index contributed by atoms with van der Waals surface area (Å²) in [7, 11) is 0. The van der Waals surface area contributed by atoms with Gasteiger partial charge in [-0.25, -0.2) is 4.39 Å². The fourth-order valence-corrected chi connectivity index (χ4v) is 2.11. The maximum Gasteiger partial charge on any atom is 0.139 e. The van der Waals surface area contributed by atoms with E-state index in [9.17, 15) is 4.39 Å². The third-order valence-electron chi connectivity index (χ3n) is 3.19. The second-order valence-corrected chi connectivity index (χ2v) is 4.67. The Hall–Kier alpha value is -0.370. The molecular weight excluding hydrogens is 165 g/mol. The van der Waals surface area contributed by atoms with E-state index in [4.69, 9.17) is 0 Å². The molecule has 13 heavy (non-hydrogen) atoms. The zero-order chi connectivity index (χ0) is 9.31. The zero-order valence-corrected chi connectivity index (χ0v) is 8.28. The van der Waals surface area contributed by atoms with Crippen molar-refractivity contribution in [3.63, 3.8) is 0 Å². The van der Waals surface area contributed by atoms with E-state index < -0.39 is 5.67 Å². The van der Waals surface area contributed by atoms with Crippen molar-refractivity contribution in [1.29, 1.82) is 0 Å². The Morgan fingerprint density at radius 2 is 2.38 bits per heavy atom. The van der Waals surface area contributed by atoms with Crippen LogP contribution >= 0.6 is 0 Å². The van der Waals surface area contributed by atoms with E-state index in [1.165, 1.54) is 12.0 Å². The van der Waals surface area contributed by atoms with Crippen molar-refractivity contribution in [2.45, 2.75) is 38.3 Å². The Morgan fingerprint density at radius 1 is 1.62 bits per heavy atom. The van der Waals surface area contributed by atoms with Crippen LogP contribution in [0.2, 0.25) is 0 Å². The first-order valence-electron chi connectivity index (χ1n) is 5.25. The molecular formula is C11H18FN. The fourth-order valence-electron chi connectivity index (χ4n) is 2.11. The molecule has 0 radical (unpaired) electrons. The summed E-state index contributed by atoms with van der Waals surface area (Å²) in [6.45, 7) is 3.38. The van der Waals surface area contributed by atoms with Gasteiger partial charge >= 0.3 is 0 Å². The Kier molecular flexibility index (Phi) is 2.41. The van der Waals surface area contributed by atoms with Crippen molar-refractivity contribution in [2.75, 3.05) is 13.1 Å². The van der Waals surface area contributed by atoms with Crippen molar-refractivity contribution < 1.29 is 4.39 Å². The molecule has 0 amide bonds. The first kappa shape index (κ1) is 9.20. The maximum absolute atomic E-state index is 13.7. The molecule has 1 atom stereocenters. The summed E-state index contributed by atoms with van der Waals surface area (Å²) in [6, 6.07) is 0. The third-order valence-corrected chi connectivity index (χ3v) is 3.19. The van der Waals surface area contributed by atoms with Gasteiger partial charge in [0.15, 0.2) is 0 Å². The molecule has 1 heterocycles. The average molecular weight is 183 g/mol. The monoisotopic (exact) mass is 183 g/mol. The number of allylic oxidation sites excluding steroid dienone is 2. The van der Waals surface area contributed by atoms with Gasteiger partial charge in [0.05, 0.1) is 0 Å². The first-order valence-corrected chi connectivity index (χ1v) is 5.25. The number of halogens is 1. The Labute approximate surface area is 79.4 Å². The number of nitrogens with one attached hydrogen (secondary N) is 1. The highest BCUT2D eigenvalue weighted by atomic mass is 19.1. The van der Waals surface area contributed by atoms with Crippen LogP contribution < -0.4 is 5.32 Å². The number of alkyl halides is 1. The summed E-state index contributed by atoms with van der Waals surface area (Å²) in [5, 5.41) is 3.00. The maximum atomic E-state index is 13.7. The molecule has 74 valence electrons. The largest absolute Gasteiger partial charge is 0.310 e. The standard InChI is InChI=1S/C11H18FN/c1-9-2-4-10(5-3-9)6-11(12)7-13-8-11/h4,9,13H,2-3,5-8H2,1H3. The second-order valence-electron chi connectivity index (χ2n) is 4.67. The van der Waals surface area contributed by atoms with Crippen LogP contribution in [0, 0.1) is 5.92 Å². The molecule has 0 bridgehead atoms. The number of hydrogen-bond donors (Lipinski definition) is 1. The minimum Gasteiger partial charge on any atom is -0.310 e. The van der Waals surface area contributed by atoms with E-state index in [0.717, 1.165) is 18.8 Å². The van der Waals surface area contributed by atoms with Gasteiger partial charge in [0.25, 0.3) is 0 Å². The Morgan fingerprint density at radius 3 is 2.85 bits per heavy atom. The van der Waals surface area contributed by atoms with Crippen molar-refractivity contribution in [3.05, 3.63) is 11.6 Å². The van der Waals surface area contributed by atoms with Gasteiger partial charge in [-0.05, 0) is 25.2 Å². The van der Waals surface area contributed by atoms with E-state index in [1.54, 1.807) is 0 Å². The van der Waals surface area contributed by atoms with Crippen LogP contribution in [0.25, 0.3) is 0 Å². The SMILES string of the molecule is CC1CC=C(CC2(F)CNC2)CC1. The minimum absolute atomic E-state index is 0.555. The van der Waals surface area contributed by atoms with Crippen LogP contribution in [0.5, 0.6) is 0 Å². The third kappa shape index (κ3) is 2.11. The lowest BCUT2D eigenvalue weighted by Crippen LogP contribution is -2.56. The van der Waals surface area contributed by atoms with Gasteiger partial charge in [0.1, 0.15) is 5.67 Å². The highest BCUT2D eigenvalue weighted by Crippen LogP contribution is 2.32. The van der Waals surface area contributed by atoms with Gasteiger partial charge in [-0.3, -0.25) is 0 Å². The van der Waals surface area contributed by atoms with E-state index in [-0.39, 0.29) is 0 Å². The molecule has 2 aliphatic rings. The van der Waals surface area contributed by atoms with Crippen molar-refractivity contribution in [3.8, 4) is 0 Å². The Bertz CT molecular complexity index is 218. The van der Waals surface area contributed by atoms with E-state index in [2.05, 4.69) is 18.3 Å². The molecule has 2 rings (SSSR count). The van der Waals surface area contributed by atoms with Crippen molar-refractivity contribution in [1.82, 2.24) is 5.32 Å². The lowest BCUT2D eigenvalue weighted by atomic mass is 9.83. The van der Waals surface area contributed by atoms with Crippen LogP contribution in [0.3, 0.4) is 0 Å². The lowest BCUT2D eigenvalue weighted by Gasteiger charge is -2.36. The summed E-state index contributed by atoms with van der Waals surface area (Å²) in [4.78, 5) is 0. The van der Waals surface area contributed by atoms with Crippen molar-refractivity contribution >= 4 is 0 Å². The van der Waals surface area contributed by atoms with Crippen molar-refractivity contribution in [2.24, 2.45) is 5.92 Å². The summed E-state index contributed by atoms with van der Waals surface area (Å²) in [5.74, 6) is 0.804. The normalized spacial score (nSPS) is 32.2. The molecule has 2 heteroatoms. The first-order chi connectivity index (χ1) is 6.18. The summed E-state index contributed by atoms with van der Waals surface area (Å²) in [6.07, 6.45) is 6.45. The molecule has 1 N–H and O–H groups in total. The number of hydrogen-bond acceptors (Lipinski definition) is 1. The van der Waals surface area contributed by atoms with Crippen LogP contribution in [-0.2, 0) is 0 Å². The predicted octanol–water partition coefficient (Wildman–Crippen LogP) is 2.43. The van der Waals surface area contributed by atoms with Crippen LogP contribution in [0.1, 0.15) is 32.6 Å². The Balaban J connectivity index is 1.88. The smallest absolute Gasteiger partial charge is 0.139 e. The molecule has 1 unspecified atom stereocenters. The number of rotatable bonds is 2. The second kappa shape index (κ2) is 3.41. The van der Waals surface area contributed by atoms with Gasteiger partial charge in [0, 0.05) is 19.5 Å². The van der Waals surface area contributed by atoms with Crippen LogP contribution in [0.4, 0.5) is 4.39 Å². The summed E-state index contributed by atoms with van der Waals surface area (Å²) in [5.41, 5.74) is 0.439. The lowest BCUT2D eigenvalue weighted by molar-refractivity contribution is 0.0893. The highest BCUT2D eigenvalue weighted by molar-refractivity contribution is 5.13. The zero-order valence-electron chi connectivity index (χ0n) is 8.28. The molecule has 0 saturated carbocycles. The van der Waals surface area contributed by atoms with Gasteiger partial charge < -0.3 is 5.32 Å².